The van der Waals surface area contributed by atoms with Crippen molar-refractivity contribution in [1.29, 1.82) is 0 Å². The minimum absolute atomic E-state index is 0. The van der Waals surface area contributed by atoms with Crippen molar-refractivity contribution in [3.05, 3.63) is 0 Å². The van der Waals surface area contributed by atoms with Gasteiger partial charge in [-0.3, -0.25) is 4.79 Å². The fraction of sp³-hybridized carbons (Fsp3) is 0.333. The van der Waals surface area contributed by atoms with Gasteiger partial charge in [-0.2, -0.15) is 0 Å². The molecule has 0 saturated heterocycles. The Morgan fingerprint density at radius 3 is 1.70 bits per heavy atom. The number of primary amides is 1. The molecule has 0 saturated carbocycles. The molecular weight excluding hydrogens is 189 g/mol. The molecule has 0 fully saturated rings. The molecule has 0 rings (SSSR count). The van der Waals surface area contributed by atoms with Gasteiger partial charge in [-0.25, -0.2) is 0 Å². The Bertz CT molecular complexity index is 105. The van der Waals surface area contributed by atoms with E-state index in [1.165, 1.54) is 0 Å². The second-order valence-electron chi connectivity index (χ2n) is 0.866. The van der Waals surface area contributed by atoms with E-state index in [0.717, 1.165) is 0 Å². The normalized spacial score (nSPS) is 6.10. The maximum atomic E-state index is 9.46. The maximum Gasteiger partial charge on any atom is 1.00 e. The fourth-order valence-electron chi connectivity index (χ4n) is 0. The molecule has 0 aliphatic rings. The molecule has 0 aliphatic carbocycles. The van der Waals surface area contributed by atoms with E-state index >= 15 is 0 Å². The van der Waals surface area contributed by atoms with Crippen molar-refractivity contribution >= 4 is 23.7 Å². The standard InChI is InChI=1S/C2H4ClNO.CH2O3.K/c3-1-2(4)5;2-1(3)4;/h1H2,(H2,4,5);(H2,2,3,4);/q;;+1/p-1. The van der Waals surface area contributed by atoms with Crippen LogP contribution < -0.4 is 62.2 Å². The Labute approximate surface area is 105 Å². The second-order valence-corrected chi connectivity index (χ2v) is 1.13. The number of carboxylic acid groups (broad SMARTS) is 2. The van der Waals surface area contributed by atoms with Crippen LogP contribution in [0.2, 0.25) is 0 Å². The summed E-state index contributed by atoms with van der Waals surface area (Å²) >= 11 is 4.86. The van der Waals surface area contributed by atoms with Crippen molar-refractivity contribution in [3.63, 3.8) is 0 Å². The molecule has 0 aromatic heterocycles. The van der Waals surface area contributed by atoms with Gasteiger partial charge in [0.1, 0.15) is 5.88 Å². The molecule has 0 heterocycles. The largest absolute Gasteiger partial charge is 1.00 e. The molecule has 5 nitrogen and oxygen atoms in total. The van der Waals surface area contributed by atoms with Crippen LogP contribution in [0.15, 0.2) is 0 Å². The fourth-order valence-corrected chi connectivity index (χ4v) is 0. The van der Waals surface area contributed by atoms with E-state index in [-0.39, 0.29) is 57.3 Å². The van der Waals surface area contributed by atoms with Crippen molar-refractivity contribution in [3.8, 4) is 0 Å². The molecule has 10 heavy (non-hydrogen) atoms. The van der Waals surface area contributed by atoms with Crippen molar-refractivity contribution in [1.82, 2.24) is 0 Å². The molecule has 54 valence electrons. The number of alkyl halides is 1. The van der Waals surface area contributed by atoms with Gasteiger partial charge >= 0.3 is 51.4 Å². The number of rotatable bonds is 1. The summed E-state index contributed by atoms with van der Waals surface area (Å²) < 4.78 is 0. The smallest absolute Gasteiger partial charge is 0.565 e. The summed E-state index contributed by atoms with van der Waals surface area (Å²) in [4.78, 5) is 17.9. The Kier molecular flexibility index (Phi) is 20.9. The first kappa shape index (κ1) is 17.0. The molecule has 0 aliphatic heterocycles. The molecule has 7 heteroatoms. The van der Waals surface area contributed by atoms with Crippen molar-refractivity contribution in [2.45, 2.75) is 0 Å². The minimum atomic E-state index is -2.08. The summed E-state index contributed by atoms with van der Waals surface area (Å²) in [5, 5.41) is 15.3. The molecule has 0 aromatic rings. The summed E-state index contributed by atoms with van der Waals surface area (Å²) in [5.74, 6) is -0.563. The maximum absolute atomic E-state index is 9.46. The Morgan fingerprint density at radius 2 is 1.70 bits per heavy atom. The van der Waals surface area contributed by atoms with E-state index in [1.54, 1.807) is 0 Å². The summed E-state index contributed by atoms with van der Waals surface area (Å²) in [7, 11) is 0. The van der Waals surface area contributed by atoms with E-state index < -0.39 is 12.1 Å². The van der Waals surface area contributed by atoms with Crippen LogP contribution in [0.25, 0.3) is 0 Å². The predicted molar refractivity (Wildman–Crippen MR) is 27.9 cm³/mol. The summed E-state index contributed by atoms with van der Waals surface area (Å²) in [6, 6.07) is 0. The van der Waals surface area contributed by atoms with Gasteiger partial charge in [0, 0.05) is 0 Å². The number of carbonyl (C=O) groups is 2. The van der Waals surface area contributed by atoms with Gasteiger partial charge < -0.3 is 20.7 Å². The number of hydrogen-bond donors (Lipinski definition) is 2. The third-order valence-electron chi connectivity index (χ3n) is 0.132. The number of hydrogen-bond acceptors (Lipinski definition) is 3. The Balaban J connectivity index is -0.0000000910. The number of carbonyl (C=O) groups excluding carboxylic acids is 1. The van der Waals surface area contributed by atoms with Gasteiger partial charge in [-0.05, 0) is 0 Å². The average molecular weight is 194 g/mol. The van der Waals surface area contributed by atoms with Crippen LogP contribution in [0, 0.1) is 0 Å². The first-order valence-electron chi connectivity index (χ1n) is 1.75. The number of nitrogens with two attached hydrogens (primary N) is 1. The summed E-state index contributed by atoms with van der Waals surface area (Å²) in [6.45, 7) is 0. The molecule has 0 bridgehead atoms. The monoisotopic (exact) mass is 193 g/mol. The van der Waals surface area contributed by atoms with E-state index in [2.05, 4.69) is 5.73 Å². The van der Waals surface area contributed by atoms with E-state index in [0.29, 0.717) is 0 Å². The summed E-state index contributed by atoms with van der Waals surface area (Å²) in [6.07, 6.45) is -2.08. The molecule has 0 radical (unpaired) electrons. The third kappa shape index (κ3) is 71.6. The summed E-state index contributed by atoms with van der Waals surface area (Å²) in [5.41, 5.74) is 4.52. The Hall–Kier alpha value is 0.666. The van der Waals surface area contributed by atoms with Gasteiger partial charge in [0.05, 0.1) is 0 Å². The van der Waals surface area contributed by atoms with Gasteiger partial charge in [0.15, 0.2) is 0 Å². The zero-order valence-corrected chi connectivity index (χ0v) is 9.21. The first-order chi connectivity index (χ1) is 4.00. The Morgan fingerprint density at radius 1 is 1.60 bits per heavy atom. The van der Waals surface area contributed by atoms with Gasteiger partial charge in [-0.15, -0.1) is 11.6 Å². The van der Waals surface area contributed by atoms with E-state index in [1.807, 2.05) is 0 Å². The van der Waals surface area contributed by atoms with Gasteiger partial charge in [0.25, 0.3) is 0 Å². The molecule has 0 aromatic carbocycles. The van der Waals surface area contributed by atoms with Crippen LogP contribution in [-0.4, -0.2) is 23.0 Å². The van der Waals surface area contributed by atoms with Crippen LogP contribution in [0.3, 0.4) is 0 Å². The molecule has 0 atom stereocenters. The van der Waals surface area contributed by atoms with Gasteiger partial charge in [-0.1, -0.05) is 0 Å². The van der Waals surface area contributed by atoms with Crippen LogP contribution in [0.1, 0.15) is 0 Å². The van der Waals surface area contributed by atoms with Crippen LogP contribution in [0.4, 0.5) is 4.79 Å². The van der Waals surface area contributed by atoms with Crippen LogP contribution in [-0.2, 0) is 4.79 Å². The third-order valence-corrected chi connectivity index (χ3v) is 0.395. The van der Waals surface area contributed by atoms with Crippen LogP contribution in [0.5, 0.6) is 0 Å². The van der Waals surface area contributed by atoms with Crippen molar-refractivity contribution in [2.24, 2.45) is 5.73 Å². The SMILES string of the molecule is NC(=O)CCl.O=C([O-])O.[K+]. The van der Waals surface area contributed by atoms with Gasteiger partial charge in [0.2, 0.25) is 12.1 Å². The van der Waals surface area contributed by atoms with Crippen molar-refractivity contribution in [2.75, 3.05) is 5.88 Å². The number of amides is 1. The topological polar surface area (TPSA) is 103 Å². The second kappa shape index (κ2) is 12.4. The predicted octanol–water partition coefficient (Wildman–Crippen LogP) is -4.40. The molecule has 0 spiro atoms. The zero-order chi connectivity index (χ0) is 7.86. The zero-order valence-electron chi connectivity index (χ0n) is 5.33. The van der Waals surface area contributed by atoms with Crippen LogP contribution >= 0.6 is 11.6 Å². The quantitative estimate of drug-likeness (QED) is 0.324. The average Bonchev–Trinajstić information content (AvgIpc) is 1.65. The first-order valence-corrected chi connectivity index (χ1v) is 2.28. The molecule has 1 amide bonds. The van der Waals surface area contributed by atoms with Crippen molar-refractivity contribution < 1.29 is 71.2 Å². The molecular formula is C3H5ClKNO4. The number of halogens is 1. The van der Waals surface area contributed by atoms with E-state index in [4.69, 9.17) is 26.6 Å². The van der Waals surface area contributed by atoms with E-state index in [9.17, 15) is 4.79 Å². The molecule has 3 N–H and O–H groups in total. The molecule has 0 unspecified atom stereocenters. The minimum Gasteiger partial charge on any atom is -0.565 e.